The van der Waals surface area contributed by atoms with E-state index in [0.29, 0.717) is 11.5 Å². The summed E-state index contributed by atoms with van der Waals surface area (Å²) in [4.78, 5) is 29.7. The number of carbonyl (C=O) groups excluding carboxylic acids is 2. The molecule has 1 N–H and O–H groups in total. The van der Waals surface area contributed by atoms with Crippen LogP contribution in [0, 0.1) is 5.92 Å². The fourth-order valence-corrected chi connectivity index (χ4v) is 5.31. The van der Waals surface area contributed by atoms with Crippen LogP contribution in [0.25, 0.3) is 28.2 Å². The molecule has 0 spiro atoms. The van der Waals surface area contributed by atoms with Gasteiger partial charge in [-0.2, -0.15) is 0 Å². The van der Waals surface area contributed by atoms with E-state index in [1.165, 1.54) is 0 Å². The number of nitrogens with zero attached hydrogens (tertiary/aromatic N) is 2. The summed E-state index contributed by atoms with van der Waals surface area (Å²) in [6.45, 7) is 9.38. The van der Waals surface area contributed by atoms with Crippen LogP contribution < -0.4 is 5.32 Å². The highest BCUT2D eigenvalue weighted by molar-refractivity contribution is 5.94. The highest BCUT2D eigenvalue weighted by atomic mass is 16.6. The first-order valence-electron chi connectivity index (χ1n) is 12.8. The normalized spacial score (nSPS) is 19.3. The summed E-state index contributed by atoms with van der Waals surface area (Å²) in [7, 11) is 0. The molecule has 0 bridgehead atoms. The van der Waals surface area contributed by atoms with Crippen LogP contribution in [0.4, 0.5) is 4.79 Å². The van der Waals surface area contributed by atoms with Crippen molar-refractivity contribution >= 4 is 17.5 Å². The molecule has 6 nitrogen and oxygen atoms in total. The van der Waals surface area contributed by atoms with Crippen LogP contribution in [-0.4, -0.2) is 26.9 Å². The molecule has 0 aliphatic heterocycles. The standard InChI is InChI=1S/C31H33N3O3/c1-20-17-31(18-20,33-29(36)37-30(3,4)5)25-14-11-22(12-15-25)27-28(23-9-7-6-8-10-23)34-19-24(21(2)35)13-16-26(34)32-27/h6-16,19-20H,17-18H2,1-5H3,(H,33,36). The second kappa shape index (κ2) is 9.18. The Bertz CT molecular complexity index is 1460. The molecule has 2 aromatic heterocycles. The van der Waals surface area contributed by atoms with E-state index < -0.39 is 17.2 Å². The summed E-state index contributed by atoms with van der Waals surface area (Å²) in [5.74, 6) is 0.534. The molecule has 1 amide bonds. The van der Waals surface area contributed by atoms with Gasteiger partial charge in [-0.1, -0.05) is 61.5 Å². The summed E-state index contributed by atoms with van der Waals surface area (Å²) in [6.07, 6.45) is 3.20. The molecule has 0 unspecified atom stereocenters. The number of fused-ring (bicyclic) bond motifs is 1. The van der Waals surface area contributed by atoms with Crippen LogP contribution in [0.2, 0.25) is 0 Å². The number of nitrogens with one attached hydrogen (secondary N) is 1. The van der Waals surface area contributed by atoms with Gasteiger partial charge < -0.3 is 10.1 Å². The van der Waals surface area contributed by atoms with Crippen LogP contribution >= 0.6 is 0 Å². The molecule has 4 aromatic rings. The van der Waals surface area contributed by atoms with Crippen LogP contribution in [0.1, 0.15) is 63.4 Å². The number of Topliss-reactive ketones (excluding diaryl/α,β-unsaturated/α-hetero) is 1. The van der Waals surface area contributed by atoms with E-state index >= 15 is 0 Å². The molecule has 6 heteroatoms. The molecule has 1 aliphatic rings. The Morgan fingerprint density at radius 1 is 0.973 bits per heavy atom. The topological polar surface area (TPSA) is 72.7 Å². The van der Waals surface area contributed by atoms with Gasteiger partial charge in [0, 0.05) is 22.9 Å². The predicted octanol–water partition coefficient (Wildman–Crippen LogP) is 7.02. The number of pyridine rings is 1. The number of amides is 1. The fourth-order valence-electron chi connectivity index (χ4n) is 5.31. The number of benzene rings is 2. The molecular formula is C31H33N3O3. The number of alkyl carbamates (subject to hydrolysis) is 1. The number of hydrogen-bond acceptors (Lipinski definition) is 4. The lowest BCUT2D eigenvalue weighted by Crippen LogP contribution is -2.55. The molecule has 2 heterocycles. The van der Waals surface area contributed by atoms with E-state index in [4.69, 9.17) is 9.72 Å². The lowest BCUT2D eigenvalue weighted by Gasteiger charge is -2.47. The van der Waals surface area contributed by atoms with Crippen molar-refractivity contribution in [3.63, 3.8) is 0 Å². The predicted molar refractivity (Wildman–Crippen MR) is 146 cm³/mol. The van der Waals surface area contributed by atoms with E-state index in [-0.39, 0.29) is 5.78 Å². The number of hydrogen-bond donors (Lipinski definition) is 1. The van der Waals surface area contributed by atoms with Gasteiger partial charge in [0.15, 0.2) is 5.78 Å². The van der Waals surface area contributed by atoms with Crippen molar-refractivity contribution in [3.05, 3.63) is 84.1 Å². The first kappa shape index (κ1) is 24.8. The van der Waals surface area contributed by atoms with Crippen molar-refractivity contribution in [2.45, 2.75) is 58.6 Å². The summed E-state index contributed by atoms with van der Waals surface area (Å²) >= 11 is 0. The van der Waals surface area contributed by atoms with Crippen LogP contribution in [0.5, 0.6) is 0 Å². The van der Waals surface area contributed by atoms with E-state index in [2.05, 4.69) is 48.6 Å². The number of carbonyl (C=O) groups is 2. The second-order valence-electron chi connectivity index (χ2n) is 11.2. The third kappa shape index (κ3) is 4.88. The summed E-state index contributed by atoms with van der Waals surface area (Å²) < 4.78 is 7.55. The van der Waals surface area contributed by atoms with Gasteiger partial charge in [0.2, 0.25) is 0 Å². The van der Waals surface area contributed by atoms with Crippen LogP contribution in [-0.2, 0) is 10.3 Å². The van der Waals surface area contributed by atoms with Crippen molar-refractivity contribution < 1.29 is 14.3 Å². The highest BCUT2D eigenvalue weighted by Gasteiger charge is 2.45. The largest absolute Gasteiger partial charge is 0.444 e. The zero-order valence-electron chi connectivity index (χ0n) is 22.0. The molecule has 5 rings (SSSR count). The smallest absolute Gasteiger partial charge is 0.408 e. The van der Waals surface area contributed by atoms with Crippen molar-refractivity contribution in [2.75, 3.05) is 0 Å². The molecule has 1 fully saturated rings. The highest BCUT2D eigenvalue weighted by Crippen LogP contribution is 2.46. The van der Waals surface area contributed by atoms with Gasteiger partial charge in [-0.3, -0.25) is 9.20 Å². The maximum Gasteiger partial charge on any atom is 0.408 e. The number of imidazole rings is 1. The van der Waals surface area contributed by atoms with Gasteiger partial charge in [0.1, 0.15) is 11.2 Å². The zero-order valence-corrected chi connectivity index (χ0v) is 22.0. The number of aromatic nitrogens is 2. The Morgan fingerprint density at radius 3 is 2.24 bits per heavy atom. The van der Waals surface area contributed by atoms with E-state index in [9.17, 15) is 9.59 Å². The molecule has 1 saturated carbocycles. The molecule has 37 heavy (non-hydrogen) atoms. The Hall–Kier alpha value is -3.93. The van der Waals surface area contributed by atoms with Gasteiger partial charge in [-0.15, -0.1) is 0 Å². The lowest BCUT2D eigenvalue weighted by molar-refractivity contribution is 0.0297. The van der Waals surface area contributed by atoms with Crippen molar-refractivity contribution in [1.29, 1.82) is 0 Å². The Balaban J connectivity index is 1.55. The van der Waals surface area contributed by atoms with E-state index in [1.54, 1.807) is 6.92 Å². The van der Waals surface area contributed by atoms with Crippen LogP contribution in [0.15, 0.2) is 72.9 Å². The molecule has 0 atom stereocenters. The number of rotatable bonds is 5. The van der Waals surface area contributed by atoms with Crippen molar-refractivity contribution in [2.24, 2.45) is 5.92 Å². The lowest BCUT2D eigenvalue weighted by atomic mass is 9.65. The van der Waals surface area contributed by atoms with Gasteiger partial charge in [0.25, 0.3) is 0 Å². The molecule has 0 saturated heterocycles. The molecular weight excluding hydrogens is 462 g/mol. The zero-order chi connectivity index (χ0) is 26.4. The van der Waals surface area contributed by atoms with E-state index in [0.717, 1.165) is 46.6 Å². The monoisotopic (exact) mass is 495 g/mol. The first-order chi connectivity index (χ1) is 17.5. The SMILES string of the molecule is CC(=O)c1ccc2nc(-c3ccc(C4(NC(=O)OC(C)(C)C)CC(C)C4)cc3)c(-c3ccccc3)n2c1. The average molecular weight is 496 g/mol. The quantitative estimate of drug-likeness (QED) is 0.302. The van der Waals surface area contributed by atoms with Gasteiger partial charge >= 0.3 is 6.09 Å². The summed E-state index contributed by atoms with van der Waals surface area (Å²) in [6, 6.07) is 22.1. The third-order valence-corrected chi connectivity index (χ3v) is 6.92. The Morgan fingerprint density at radius 2 is 1.65 bits per heavy atom. The number of ether oxygens (including phenoxy) is 1. The molecule has 190 valence electrons. The first-order valence-corrected chi connectivity index (χ1v) is 12.8. The molecule has 1 aliphatic carbocycles. The maximum absolute atomic E-state index is 12.6. The fraction of sp³-hybridized carbons (Fsp3) is 0.323. The Kier molecular flexibility index (Phi) is 6.14. The van der Waals surface area contributed by atoms with Crippen molar-refractivity contribution in [1.82, 2.24) is 14.7 Å². The minimum atomic E-state index is -0.552. The maximum atomic E-state index is 12.6. The average Bonchev–Trinajstić information content (AvgIpc) is 3.21. The Labute approximate surface area is 217 Å². The summed E-state index contributed by atoms with van der Waals surface area (Å²) in [5, 5.41) is 3.16. The summed E-state index contributed by atoms with van der Waals surface area (Å²) in [5.41, 5.74) is 5.25. The molecule has 0 radical (unpaired) electrons. The van der Waals surface area contributed by atoms with Gasteiger partial charge in [-0.05, 0) is 64.2 Å². The number of ketones is 1. The van der Waals surface area contributed by atoms with Gasteiger partial charge in [-0.25, -0.2) is 9.78 Å². The minimum absolute atomic E-state index is 0.0121. The second-order valence-corrected chi connectivity index (χ2v) is 11.2. The third-order valence-electron chi connectivity index (χ3n) is 6.92. The minimum Gasteiger partial charge on any atom is -0.444 e. The van der Waals surface area contributed by atoms with Gasteiger partial charge in [0.05, 0.1) is 16.9 Å². The van der Waals surface area contributed by atoms with Crippen LogP contribution in [0.3, 0.4) is 0 Å². The molecule has 2 aromatic carbocycles. The van der Waals surface area contributed by atoms with E-state index in [1.807, 2.05) is 61.7 Å². The van der Waals surface area contributed by atoms with Crippen molar-refractivity contribution in [3.8, 4) is 22.5 Å².